The van der Waals surface area contributed by atoms with Gasteiger partial charge in [-0.15, -0.1) is 0 Å². The number of piperazine rings is 1. The minimum absolute atomic E-state index is 0.0307. The van der Waals surface area contributed by atoms with E-state index in [4.69, 9.17) is 4.74 Å². The Bertz CT molecular complexity index is 358. The fraction of sp³-hybridized carbons (Fsp3) is 0.857. The molecule has 1 aliphatic rings. The smallest absolute Gasteiger partial charge is 0.246 e. The van der Waals surface area contributed by atoms with Gasteiger partial charge in [-0.3, -0.25) is 9.59 Å². The van der Waals surface area contributed by atoms with E-state index in [2.05, 4.69) is 5.32 Å². The van der Waals surface area contributed by atoms with Crippen molar-refractivity contribution in [2.45, 2.75) is 53.1 Å². The Hall–Kier alpha value is -1.10. The summed E-state index contributed by atoms with van der Waals surface area (Å²) in [6.07, 6.45) is 0. The first kappa shape index (κ1) is 16.0. The molecule has 0 aromatic rings. The highest BCUT2D eigenvalue weighted by molar-refractivity contribution is 5.99. The van der Waals surface area contributed by atoms with E-state index in [-0.39, 0.29) is 17.2 Å². The second-order valence-electron chi connectivity index (χ2n) is 6.52. The van der Waals surface area contributed by atoms with E-state index in [9.17, 15) is 9.59 Å². The predicted octanol–water partition coefficient (Wildman–Crippen LogP) is 1.17. The van der Waals surface area contributed by atoms with E-state index in [0.717, 1.165) is 0 Å². The highest BCUT2D eigenvalue weighted by atomic mass is 16.5. The average Bonchev–Trinajstić information content (AvgIpc) is 2.27. The molecule has 1 N–H and O–H groups in total. The molecule has 2 amide bonds. The molecule has 1 saturated heterocycles. The third-order valence-corrected chi connectivity index (χ3v) is 3.55. The van der Waals surface area contributed by atoms with Crippen LogP contribution in [-0.2, 0) is 14.3 Å². The van der Waals surface area contributed by atoms with Crippen molar-refractivity contribution in [1.29, 1.82) is 0 Å². The molecule has 110 valence electrons. The van der Waals surface area contributed by atoms with Gasteiger partial charge < -0.3 is 15.0 Å². The van der Waals surface area contributed by atoms with Crippen LogP contribution in [0.4, 0.5) is 0 Å². The Labute approximate surface area is 115 Å². The molecule has 0 spiro atoms. The molecule has 0 saturated carbocycles. The van der Waals surface area contributed by atoms with Crippen LogP contribution in [0.3, 0.4) is 0 Å². The molecule has 5 heteroatoms. The Morgan fingerprint density at radius 3 is 2.37 bits per heavy atom. The molecule has 1 atom stereocenters. The van der Waals surface area contributed by atoms with Crippen LogP contribution >= 0.6 is 0 Å². The Kier molecular flexibility index (Phi) is 4.61. The molecule has 0 radical (unpaired) electrons. The molecule has 0 aromatic heterocycles. The average molecular weight is 270 g/mol. The second-order valence-corrected chi connectivity index (χ2v) is 6.52. The van der Waals surface area contributed by atoms with Crippen LogP contribution in [0.2, 0.25) is 0 Å². The molecule has 0 bridgehead atoms. The topological polar surface area (TPSA) is 58.6 Å². The molecule has 0 aliphatic carbocycles. The first-order chi connectivity index (χ1) is 8.62. The zero-order chi connectivity index (χ0) is 14.8. The molecular weight excluding hydrogens is 244 g/mol. The van der Waals surface area contributed by atoms with Crippen LogP contribution < -0.4 is 5.32 Å². The van der Waals surface area contributed by atoms with Crippen molar-refractivity contribution in [1.82, 2.24) is 10.2 Å². The minimum Gasteiger partial charge on any atom is -0.380 e. The van der Waals surface area contributed by atoms with Crippen molar-refractivity contribution in [3.63, 3.8) is 0 Å². The number of amides is 2. The molecule has 1 heterocycles. The highest BCUT2D eigenvalue weighted by Gasteiger charge is 2.49. The van der Waals surface area contributed by atoms with Crippen LogP contribution in [0.15, 0.2) is 0 Å². The fourth-order valence-electron chi connectivity index (χ4n) is 2.20. The first-order valence-corrected chi connectivity index (χ1v) is 6.82. The standard InChI is InChI=1S/C14H26N2O3/c1-7-19-9-8-16-11(17)10(13(2,3)4)15-12(18)14(16,5)6/h10H,7-9H2,1-6H3,(H,15,18). The highest BCUT2D eigenvalue weighted by Crippen LogP contribution is 2.29. The van der Waals surface area contributed by atoms with Gasteiger partial charge in [0.1, 0.15) is 11.6 Å². The largest absolute Gasteiger partial charge is 0.380 e. The normalized spacial score (nSPS) is 23.5. The maximum atomic E-state index is 12.6. The third-order valence-electron chi connectivity index (χ3n) is 3.55. The van der Waals surface area contributed by atoms with Gasteiger partial charge in [-0.25, -0.2) is 0 Å². The number of rotatable bonds is 4. The summed E-state index contributed by atoms with van der Waals surface area (Å²) in [5, 5.41) is 2.85. The van der Waals surface area contributed by atoms with E-state index in [0.29, 0.717) is 19.8 Å². The summed E-state index contributed by atoms with van der Waals surface area (Å²) < 4.78 is 5.31. The lowest BCUT2D eigenvalue weighted by atomic mass is 9.82. The summed E-state index contributed by atoms with van der Waals surface area (Å²) >= 11 is 0. The summed E-state index contributed by atoms with van der Waals surface area (Å²) in [5.41, 5.74) is -1.12. The van der Waals surface area contributed by atoms with E-state index >= 15 is 0 Å². The quantitative estimate of drug-likeness (QED) is 0.780. The van der Waals surface area contributed by atoms with Gasteiger partial charge in [0.05, 0.1) is 6.61 Å². The van der Waals surface area contributed by atoms with E-state index in [1.54, 1.807) is 18.7 Å². The lowest BCUT2D eigenvalue weighted by Crippen LogP contribution is -2.71. The van der Waals surface area contributed by atoms with Gasteiger partial charge in [-0.1, -0.05) is 20.8 Å². The molecule has 5 nitrogen and oxygen atoms in total. The maximum absolute atomic E-state index is 12.6. The van der Waals surface area contributed by atoms with Crippen molar-refractivity contribution in [2.75, 3.05) is 19.8 Å². The first-order valence-electron chi connectivity index (χ1n) is 6.82. The predicted molar refractivity (Wildman–Crippen MR) is 73.7 cm³/mol. The number of hydrogen-bond donors (Lipinski definition) is 1. The number of nitrogens with one attached hydrogen (secondary N) is 1. The van der Waals surface area contributed by atoms with Gasteiger partial charge in [-0.2, -0.15) is 0 Å². The van der Waals surface area contributed by atoms with Crippen molar-refractivity contribution in [2.24, 2.45) is 5.41 Å². The minimum atomic E-state index is -0.823. The molecule has 1 unspecified atom stereocenters. The lowest BCUT2D eigenvalue weighted by Gasteiger charge is -2.47. The van der Waals surface area contributed by atoms with E-state index in [1.165, 1.54) is 0 Å². The number of carbonyl (C=O) groups is 2. The van der Waals surface area contributed by atoms with Gasteiger partial charge in [0.15, 0.2) is 0 Å². The lowest BCUT2D eigenvalue weighted by molar-refractivity contribution is -0.159. The summed E-state index contributed by atoms with van der Waals surface area (Å²) in [7, 11) is 0. The Balaban J connectivity index is 2.94. The molecule has 19 heavy (non-hydrogen) atoms. The number of ether oxygens (including phenoxy) is 1. The van der Waals surface area contributed by atoms with Gasteiger partial charge in [0.25, 0.3) is 0 Å². The molecule has 1 rings (SSSR count). The van der Waals surface area contributed by atoms with E-state index < -0.39 is 11.6 Å². The summed E-state index contributed by atoms with van der Waals surface area (Å²) in [5.74, 6) is -0.139. The number of hydrogen-bond acceptors (Lipinski definition) is 3. The molecule has 1 fully saturated rings. The zero-order valence-corrected chi connectivity index (χ0v) is 12.9. The number of carbonyl (C=O) groups excluding carboxylic acids is 2. The van der Waals surface area contributed by atoms with Crippen molar-refractivity contribution in [3.05, 3.63) is 0 Å². The summed E-state index contributed by atoms with van der Waals surface area (Å²) in [6.45, 7) is 12.8. The molecule has 1 aliphatic heterocycles. The maximum Gasteiger partial charge on any atom is 0.246 e. The monoisotopic (exact) mass is 270 g/mol. The van der Waals surface area contributed by atoms with Crippen LogP contribution in [0.5, 0.6) is 0 Å². The molecule has 0 aromatic carbocycles. The van der Waals surface area contributed by atoms with E-state index in [1.807, 2.05) is 27.7 Å². The van der Waals surface area contributed by atoms with Gasteiger partial charge >= 0.3 is 0 Å². The third kappa shape index (κ3) is 3.26. The van der Waals surface area contributed by atoms with Crippen LogP contribution in [-0.4, -0.2) is 48.1 Å². The van der Waals surface area contributed by atoms with Gasteiger partial charge in [-0.05, 0) is 26.2 Å². The Morgan fingerprint density at radius 2 is 1.89 bits per heavy atom. The summed E-state index contributed by atoms with van der Waals surface area (Å²) in [4.78, 5) is 26.4. The molecular formula is C14H26N2O3. The van der Waals surface area contributed by atoms with Gasteiger partial charge in [0, 0.05) is 13.2 Å². The fourth-order valence-corrected chi connectivity index (χ4v) is 2.20. The van der Waals surface area contributed by atoms with Crippen molar-refractivity contribution in [3.8, 4) is 0 Å². The second kappa shape index (κ2) is 5.49. The van der Waals surface area contributed by atoms with Crippen LogP contribution in [0, 0.1) is 5.41 Å². The van der Waals surface area contributed by atoms with Crippen molar-refractivity contribution >= 4 is 11.8 Å². The number of nitrogens with zero attached hydrogens (tertiary/aromatic N) is 1. The zero-order valence-electron chi connectivity index (χ0n) is 12.9. The SMILES string of the molecule is CCOCCN1C(=O)C(C(C)(C)C)NC(=O)C1(C)C. The van der Waals surface area contributed by atoms with Crippen LogP contribution in [0.25, 0.3) is 0 Å². The Morgan fingerprint density at radius 1 is 1.32 bits per heavy atom. The summed E-state index contributed by atoms with van der Waals surface area (Å²) in [6, 6.07) is -0.477. The van der Waals surface area contributed by atoms with Gasteiger partial charge in [0.2, 0.25) is 11.8 Å². The van der Waals surface area contributed by atoms with Crippen molar-refractivity contribution < 1.29 is 14.3 Å². The van der Waals surface area contributed by atoms with Crippen LogP contribution in [0.1, 0.15) is 41.5 Å².